The van der Waals surface area contributed by atoms with Crippen LogP contribution in [0.2, 0.25) is 0 Å². The van der Waals surface area contributed by atoms with Gasteiger partial charge in [-0.1, -0.05) is 6.07 Å². The van der Waals surface area contributed by atoms with Crippen LogP contribution in [0.15, 0.2) is 23.0 Å². The summed E-state index contributed by atoms with van der Waals surface area (Å²) < 4.78 is 1.91. The number of hydrogen-bond donors (Lipinski definition) is 1. The van der Waals surface area contributed by atoms with Gasteiger partial charge in [0.15, 0.2) is 5.11 Å². The first-order valence-electron chi connectivity index (χ1n) is 5.89. The molecule has 90 valence electrons. The van der Waals surface area contributed by atoms with Gasteiger partial charge in [0.05, 0.1) is 0 Å². The highest BCUT2D eigenvalue weighted by Crippen LogP contribution is 2.34. The Bertz CT molecular complexity index is 525. The van der Waals surface area contributed by atoms with E-state index in [1.165, 1.54) is 0 Å². The molecule has 2 bridgehead atoms. The molecule has 17 heavy (non-hydrogen) atoms. The maximum Gasteiger partial charge on any atom is 0.250 e. The highest BCUT2D eigenvalue weighted by molar-refractivity contribution is 7.80. The van der Waals surface area contributed by atoms with E-state index >= 15 is 0 Å². The van der Waals surface area contributed by atoms with Crippen molar-refractivity contribution < 1.29 is 0 Å². The zero-order chi connectivity index (χ0) is 12.0. The highest BCUT2D eigenvalue weighted by Gasteiger charge is 2.34. The minimum atomic E-state index is 0.112. The van der Waals surface area contributed by atoms with Crippen LogP contribution in [0.25, 0.3) is 0 Å². The van der Waals surface area contributed by atoms with Crippen LogP contribution in [-0.4, -0.2) is 27.7 Å². The van der Waals surface area contributed by atoms with Crippen molar-refractivity contribution in [3.8, 4) is 0 Å². The van der Waals surface area contributed by atoms with E-state index in [1.54, 1.807) is 6.07 Å². The van der Waals surface area contributed by atoms with Crippen LogP contribution in [-0.2, 0) is 6.54 Å². The molecule has 1 saturated heterocycles. The Kier molecular flexibility index (Phi) is 2.43. The van der Waals surface area contributed by atoms with E-state index in [-0.39, 0.29) is 5.56 Å². The van der Waals surface area contributed by atoms with Gasteiger partial charge in [0.1, 0.15) is 0 Å². The minimum absolute atomic E-state index is 0.112. The van der Waals surface area contributed by atoms with Crippen LogP contribution in [0.1, 0.15) is 18.0 Å². The second kappa shape index (κ2) is 3.84. The summed E-state index contributed by atoms with van der Waals surface area (Å²) in [5.41, 5.74) is 6.96. The molecule has 2 aliphatic heterocycles. The molecule has 3 rings (SSSR count). The van der Waals surface area contributed by atoms with Crippen molar-refractivity contribution in [2.75, 3.05) is 13.1 Å². The number of nitrogens with two attached hydrogens (primary N) is 1. The molecule has 2 atom stereocenters. The molecular weight excluding hydrogens is 234 g/mol. The Morgan fingerprint density at radius 2 is 2.18 bits per heavy atom. The number of aromatic nitrogens is 1. The van der Waals surface area contributed by atoms with E-state index in [4.69, 9.17) is 18.0 Å². The number of fused-ring (bicyclic) bond motifs is 4. The summed E-state index contributed by atoms with van der Waals surface area (Å²) in [4.78, 5) is 13.9. The number of hydrogen-bond acceptors (Lipinski definition) is 2. The average Bonchev–Trinajstić information content (AvgIpc) is 2.30. The quantitative estimate of drug-likeness (QED) is 0.681. The Labute approximate surface area is 105 Å². The number of rotatable bonds is 0. The molecule has 4 nitrogen and oxygen atoms in total. The van der Waals surface area contributed by atoms with Crippen LogP contribution < -0.4 is 11.3 Å². The molecule has 1 aromatic rings. The van der Waals surface area contributed by atoms with E-state index in [0.717, 1.165) is 31.7 Å². The molecule has 1 fully saturated rings. The lowest BCUT2D eigenvalue weighted by Gasteiger charge is -2.43. The fourth-order valence-electron chi connectivity index (χ4n) is 3.08. The Balaban J connectivity index is 2.01. The molecular formula is C12H15N3OS. The van der Waals surface area contributed by atoms with Crippen molar-refractivity contribution >= 4 is 17.3 Å². The van der Waals surface area contributed by atoms with Crippen molar-refractivity contribution in [2.45, 2.75) is 18.9 Å². The first kappa shape index (κ1) is 10.8. The number of pyridine rings is 1. The van der Waals surface area contributed by atoms with Gasteiger partial charge in [-0.15, -0.1) is 0 Å². The van der Waals surface area contributed by atoms with Gasteiger partial charge < -0.3 is 15.2 Å². The summed E-state index contributed by atoms with van der Waals surface area (Å²) in [6.07, 6.45) is 1.14. The Morgan fingerprint density at radius 3 is 2.94 bits per heavy atom. The lowest BCUT2D eigenvalue weighted by molar-refractivity contribution is 0.179. The van der Waals surface area contributed by atoms with Gasteiger partial charge in [-0.25, -0.2) is 0 Å². The van der Waals surface area contributed by atoms with E-state index in [1.807, 2.05) is 16.7 Å². The molecule has 0 aromatic carbocycles. The van der Waals surface area contributed by atoms with Crippen LogP contribution >= 0.6 is 12.2 Å². The van der Waals surface area contributed by atoms with Crippen LogP contribution in [0.5, 0.6) is 0 Å². The number of piperidine rings is 1. The van der Waals surface area contributed by atoms with Gasteiger partial charge >= 0.3 is 0 Å². The fraction of sp³-hybridized carbons (Fsp3) is 0.500. The summed E-state index contributed by atoms with van der Waals surface area (Å²) in [5.74, 6) is 0.876. The summed E-state index contributed by atoms with van der Waals surface area (Å²) in [5, 5.41) is 0.478. The van der Waals surface area contributed by atoms with E-state index < -0.39 is 0 Å². The van der Waals surface area contributed by atoms with E-state index in [2.05, 4.69) is 4.90 Å². The van der Waals surface area contributed by atoms with Crippen molar-refractivity contribution in [1.29, 1.82) is 0 Å². The zero-order valence-corrected chi connectivity index (χ0v) is 10.3. The van der Waals surface area contributed by atoms with Crippen LogP contribution in [0.4, 0.5) is 0 Å². The van der Waals surface area contributed by atoms with Gasteiger partial charge in [0.25, 0.3) is 5.56 Å². The molecule has 0 aliphatic carbocycles. The summed E-state index contributed by atoms with van der Waals surface area (Å²) in [7, 11) is 0. The molecule has 0 radical (unpaired) electrons. The maximum absolute atomic E-state index is 11.8. The summed E-state index contributed by atoms with van der Waals surface area (Å²) >= 11 is 5.05. The number of thiocarbonyl (C=S) groups is 1. The topological polar surface area (TPSA) is 51.3 Å². The molecule has 3 heterocycles. The van der Waals surface area contributed by atoms with Gasteiger partial charge in [-0.2, -0.15) is 0 Å². The van der Waals surface area contributed by atoms with Crippen LogP contribution in [0, 0.1) is 5.92 Å². The third kappa shape index (κ3) is 1.74. The molecule has 0 spiro atoms. The lowest BCUT2D eigenvalue weighted by Crippen LogP contribution is -2.50. The van der Waals surface area contributed by atoms with E-state index in [0.29, 0.717) is 16.9 Å². The predicted molar refractivity (Wildman–Crippen MR) is 69.9 cm³/mol. The first-order chi connectivity index (χ1) is 8.15. The van der Waals surface area contributed by atoms with Crippen molar-refractivity contribution in [3.05, 3.63) is 34.2 Å². The fourth-order valence-corrected chi connectivity index (χ4v) is 3.23. The SMILES string of the molecule is NC(=S)N1C[C@@H]2C[C@@H](C1)c1cccc(=O)n1C2. The standard InChI is InChI=1S/C12H15N3OS/c13-12(17)14-5-8-4-9(7-14)10-2-1-3-11(16)15(10)6-8/h1-3,8-9H,4-7H2,(H2,13,17)/t8-,9-/m0/s1. The predicted octanol–water partition coefficient (Wildman–Crippen LogP) is 0.511. The second-order valence-electron chi connectivity index (χ2n) is 4.94. The number of likely N-dealkylation sites (tertiary alicyclic amines) is 1. The van der Waals surface area contributed by atoms with Gasteiger partial charge in [-0.3, -0.25) is 4.79 Å². The third-order valence-electron chi connectivity index (χ3n) is 3.79. The minimum Gasteiger partial charge on any atom is -0.376 e. The summed E-state index contributed by atoms with van der Waals surface area (Å²) in [6, 6.07) is 5.52. The molecule has 0 saturated carbocycles. The smallest absolute Gasteiger partial charge is 0.250 e. The van der Waals surface area contributed by atoms with E-state index in [9.17, 15) is 4.79 Å². The maximum atomic E-state index is 11.8. The van der Waals surface area contributed by atoms with Crippen molar-refractivity contribution in [2.24, 2.45) is 11.7 Å². The van der Waals surface area contributed by atoms with Gasteiger partial charge in [0.2, 0.25) is 0 Å². The van der Waals surface area contributed by atoms with Crippen LogP contribution in [0.3, 0.4) is 0 Å². The lowest BCUT2D eigenvalue weighted by atomic mass is 9.83. The molecule has 0 amide bonds. The third-order valence-corrected chi connectivity index (χ3v) is 4.05. The molecule has 1 aromatic heterocycles. The number of nitrogens with zero attached hydrogens (tertiary/aromatic N) is 2. The van der Waals surface area contributed by atoms with Crippen molar-refractivity contribution in [3.63, 3.8) is 0 Å². The molecule has 0 unspecified atom stereocenters. The average molecular weight is 249 g/mol. The largest absolute Gasteiger partial charge is 0.376 e. The monoisotopic (exact) mass is 249 g/mol. The molecule has 2 aliphatic rings. The first-order valence-corrected chi connectivity index (χ1v) is 6.30. The molecule has 5 heteroatoms. The zero-order valence-electron chi connectivity index (χ0n) is 9.50. The molecule has 2 N–H and O–H groups in total. The second-order valence-corrected chi connectivity index (χ2v) is 5.36. The van der Waals surface area contributed by atoms with Crippen molar-refractivity contribution in [1.82, 2.24) is 9.47 Å². The van der Waals surface area contributed by atoms with Gasteiger partial charge in [0, 0.05) is 37.3 Å². The Morgan fingerprint density at radius 1 is 1.35 bits per heavy atom. The van der Waals surface area contributed by atoms with Gasteiger partial charge in [-0.05, 0) is 30.6 Å². The summed E-state index contributed by atoms with van der Waals surface area (Å²) in [6.45, 7) is 2.52. The highest BCUT2D eigenvalue weighted by atomic mass is 32.1. The normalized spacial score (nSPS) is 26.5. The Hall–Kier alpha value is -1.36.